The van der Waals surface area contributed by atoms with Crippen LogP contribution in [0.4, 0.5) is 5.69 Å². The molecule has 0 bridgehead atoms. The van der Waals surface area contributed by atoms with Crippen LogP contribution in [0.15, 0.2) is 29.4 Å². The fourth-order valence-electron chi connectivity index (χ4n) is 0.498. The van der Waals surface area contributed by atoms with Gasteiger partial charge in [0.05, 0.1) is 0 Å². The quantitative estimate of drug-likeness (QED) is 0.309. The molecule has 0 saturated carbocycles. The number of hydrogen-bond acceptors (Lipinski definition) is 1. The van der Waals surface area contributed by atoms with Crippen molar-refractivity contribution in [2.45, 2.75) is 0 Å². The van der Waals surface area contributed by atoms with Crippen LogP contribution in [0.1, 0.15) is 0 Å². The van der Waals surface area contributed by atoms with Gasteiger partial charge in [-0.05, 0) is 17.7 Å². The van der Waals surface area contributed by atoms with Gasteiger partial charge in [0, 0.05) is 10.6 Å². The van der Waals surface area contributed by atoms with Gasteiger partial charge < -0.3 is 0 Å². The second kappa shape index (κ2) is 2.74. The highest BCUT2D eigenvalue weighted by molar-refractivity contribution is 5.34. The molecular weight excluding hydrogens is 114 g/mol. The summed E-state index contributed by atoms with van der Waals surface area (Å²) in [7, 11) is 0. The Balaban J connectivity index is 2.97. The second-order valence-corrected chi connectivity index (χ2v) is 1.45. The molecule has 0 aliphatic carbocycles. The molecular formula is C6H4N3. The summed E-state index contributed by atoms with van der Waals surface area (Å²) in [6.45, 7) is 0. The molecule has 1 rings (SSSR count). The Labute approximate surface area is 52.6 Å². The first-order valence-electron chi connectivity index (χ1n) is 2.44. The lowest BCUT2D eigenvalue weighted by Crippen LogP contribution is -1.57. The van der Waals surface area contributed by atoms with Crippen molar-refractivity contribution in [3.8, 4) is 0 Å². The van der Waals surface area contributed by atoms with E-state index >= 15 is 0 Å². The summed E-state index contributed by atoms with van der Waals surface area (Å²) >= 11 is 0. The molecule has 9 heavy (non-hydrogen) atoms. The first-order chi connectivity index (χ1) is 4.43. The minimum Gasteiger partial charge on any atom is -0.0612 e. The fraction of sp³-hybridized carbons (Fsp3) is 0. The van der Waals surface area contributed by atoms with Gasteiger partial charge in [0.15, 0.2) is 0 Å². The van der Waals surface area contributed by atoms with Crippen LogP contribution in [-0.4, -0.2) is 0 Å². The molecule has 43 valence electrons. The van der Waals surface area contributed by atoms with E-state index in [-0.39, 0.29) is 0 Å². The summed E-state index contributed by atoms with van der Waals surface area (Å²) in [5.74, 6) is 0. The van der Waals surface area contributed by atoms with E-state index in [0.29, 0.717) is 5.69 Å². The normalized spacial score (nSPS) is 8.00. The van der Waals surface area contributed by atoms with Gasteiger partial charge in [-0.2, -0.15) is 0 Å². The fourth-order valence-corrected chi connectivity index (χ4v) is 0.498. The Morgan fingerprint density at radius 1 is 1.67 bits per heavy atom. The van der Waals surface area contributed by atoms with Crippen LogP contribution in [0.3, 0.4) is 0 Å². The summed E-state index contributed by atoms with van der Waals surface area (Å²) in [5, 5.41) is 3.36. The van der Waals surface area contributed by atoms with Crippen LogP contribution in [0.25, 0.3) is 10.4 Å². The van der Waals surface area contributed by atoms with Gasteiger partial charge in [0.25, 0.3) is 0 Å². The minimum absolute atomic E-state index is 0.597. The van der Waals surface area contributed by atoms with Gasteiger partial charge in [-0.1, -0.05) is 23.3 Å². The molecule has 3 nitrogen and oxygen atoms in total. The van der Waals surface area contributed by atoms with E-state index in [1.54, 1.807) is 24.3 Å². The standard InChI is InChI=1S/C6H4N3/c7-9-8-6-4-2-1-3-5-6/h1-2,4-5H. The molecule has 1 aromatic carbocycles. The van der Waals surface area contributed by atoms with Crippen LogP contribution < -0.4 is 0 Å². The molecule has 3 heteroatoms. The SMILES string of the molecule is [N-]=[N+]=Nc1c[c]ccc1. The van der Waals surface area contributed by atoms with Gasteiger partial charge in [0.1, 0.15) is 0 Å². The summed E-state index contributed by atoms with van der Waals surface area (Å²) in [4.78, 5) is 2.61. The van der Waals surface area contributed by atoms with E-state index in [1.165, 1.54) is 0 Å². The molecule has 0 heterocycles. The monoisotopic (exact) mass is 118 g/mol. The molecule has 0 aliphatic rings. The van der Waals surface area contributed by atoms with Crippen molar-refractivity contribution in [1.82, 2.24) is 0 Å². The first kappa shape index (κ1) is 5.66. The smallest absolute Gasteiger partial charge is 0.0381 e. The molecule has 0 unspecified atom stereocenters. The van der Waals surface area contributed by atoms with Gasteiger partial charge >= 0.3 is 0 Å². The lowest BCUT2D eigenvalue weighted by atomic mass is 10.3. The molecule has 0 amide bonds. The lowest BCUT2D eigenvalue weighted by Gasteiger charge is -1.83. The van der Waals surface area contributed by atoms with E-state index in [9.17, 15) is 0 Å². The third-order valence-electron chi connectivity index (χ3n) is 0.851. The van der Waals surface area contributed by atoms with E-state index in [1.807, 2.05) is 0 Å². The lowest BCUT2D eigenvalue weighted by molar-refractivity contribution is 1.47. The van der Waals surface area contributed by atoms with Crippen molar-refractivity contribution in [1.29, 1.82) is 0 Å². The summed E-state index contributed by atoms with van der Waals surface area (Å²) in [6.07, 6.45) is 0. The Bertz CT molecular complexity index is 223. The second-order valence-electron chi connectivity index (χ2n) is 1.45. The zero-order valence-electron chi connectivity index (χ0n) is 4.65. The Kier molecular flexibility index (Phi) is 1.73. The van der Waals surface area contributed by atoms with Gasteiger partial charge in [-0.25, -0.2) is 0 Å². The van der Waals surface area contributed by atoms with E-state index in [2.05, 4.69) is 16.1 Å². The Morgan fingerprint density at radius 2 is 2.56 bits per heavy atom. The van der Waals surface area contributed by atoms with E-state index < -0.39 is 0 Å². The zero-order valence-corrected chi connectivity index (χ0v) is 4.65. The van der Waals surface area contributed by atoms with Crippen molar-refractivity contribution in [3.05, 3.63) is 40.8 Å². The van der Waals surface area contributed by atoms with E-state index in [0.717, 1.165) is 0 Å². The number of rotatable bonds is 1. The summed E-state index contributed by atoms with van der Waals surface area (Å²) in [6, 6.07) is 9.64. The molecule has 0 spiro atoms. The predicted molar refractivity (Wildman–Crippen MR) is 34.1 cm³/mol. The van der Waals surface area contributed by atoms with Gasteiger partial charge in [-0.15, -0.1) is 0 Å². The third kappa shape index (κ3) is 1.48. The maximum absolute atomic E-state index is 7.96. The first-order valence-corrected chi connectivity index (χ1v) is 2.44. The Morgan fingerprint density at radius 3 is 3.11 bits per heavy atom. The number of nitrogens with zero attached hydrogens (tertiary/aromatic N) is 3. The third-order valence-corrected chi connectivity index (χ3v) is 0.851. The highest BCUT2D eigenvalue weighted by Gasteiger charge is 1.79. The molecule has 1 radical (unpaired) electrons. The topological polar surface area (TPSA) is 48.8 Å². The van der Waals surface area contributed by atoms with E-state index in [4.69, 9.17) is 5.53 Å². The highest BCUT2D eigenvalue weighted by atomic mass is 15.1. The van der Waals surface area contributed by atoms with Crippen molar-refractivity contribution >= 4 is 5.69 Å². The van der Waals surface area contributed by atoms with Crippen molar-refractivity contribution in [2.75, 3.05) is 0 Å². The van der Waals surface area contributed by atoms with Crippen LogP contribution in [0.5, 0.6) is 0 Å². The average molecular weight is 118 g/mol. The van der Waals surface area contributed by atoms with Crippen molar-refractivity contribution < 1.29 is 0 Å². The molecule has 0 aliphatic heterocycles. The summed E-state index contributed by atoms with van der Waals surface area (Å²) in [5.41, 5.74) is 8.56. The maximum Gasteiger partial charge on any atom is 0.0381 e. The molecule has 0 fully saturated rings. The molecule has 0 atom stereocenters. The van der Waals surface area contributed by atoms with Crippen LogP contribution in [0.2, 0.25) is 0 Å². The minimum atomic E-state index is 0.597. The van der Waals surface area contributed by atoms with Crippen molar-refractivity contribution in [3.63, 3.8) is 0 Å². The van der Waals surface area contributed by atoms with Crippen LogP contribution in [-0.2, 0) is 0 Å². The van der Waals surface area contributed by atoms with Crippen molar-refractivity contribution in [2.24, 2.45) is 5.11 Å². The van der Waals surface area contributed by atoms with Crippen LogP contribution >= 0.6 is 0 Å². The summed E-state index contributed by atoms with van der Waals surface area (Å²) < 4.78 is 0. The number of hydrogen-bond donors (Lipinski definition) is 0. The zero-order chi connectivity index (χ0) is 6.53. The number of benzene rings is 1. The predicted octanol–water partition coefficient (Wildman–Crippen LogP) is 2.43. The van der Waals surface area contributed by atoms with Gasteiger partial charge in [0.2, 0.25) is 0 Å². The number of azide groups is 1. The molecule has 1 aromatic rings. The average Bonchev–Trinajstić information content (AvgIpc) is 1.91. The molecule has 0 saturated heterocycles. The highest BCUT2D eigenvalue weighted by Crippen LogP contribution is 2.07. The Hall–Kier alpha value is -1.47. The molecule has 0 N–H and O–H groups in total. The molecule has 0 aromatic heterocycles. The maximum atomic E-state index is 7.96. The van der Waals surface area contributed by atoms with Crippen LogP contribution in [0, 0.1) is 6.07 Å². The largest absolute Gasteiger partial charge is 0.0612 e. The van der Waals surface area contributed by atoms with Gasteiger partial charge in [-0.3, -0.25) is 0 Å².